The lowest BCUT2D eigenvalue weighted by Crippen LogP contribution is -2.45. The summed E-state index contributed by atoms with van der Waals surface area (Å²) in [5.74, 6) is 0.838. The van der Waals surface area contributed by atoms with Crippen molar-refractivity contribution in [2.24, 2.45) is 0 Å². The van der Waals surface area contributed by atoms with Crippen LogP contribution >= 0.6 is 0 Å². The Balaban J connectivity index is 1.54. The highest BCUT2D eigenvalue weighted by Gasteiger charge is 2.34. The molecule has 38 heavy (non-hydrogen) atoms. The summed E-state index contributed by atoms with van der Waals surface area (Å²) in [5.41, 5.74) is 1.34. The van der Waals surface area contributed by atoms with Gasteiger partial charge in [-0.05, 0) is 47.4 Å². The average Bonchev–Trinajstić information content (AvgIpc) is 2.91. The van der Waals surface area contributed by atoms with Crippen LogP contribution in [0, 0.1) is 0 Å². The topological polar surface area (TPSA) is 71.1 Å². The van der Waals surface area contributed by atoms with Crippen LogP contribution in [0.2, 0.25) is 0 Å². The van der Waals surface area contributed by atoms with E-state index >= 15 is 0 Å². The zero-order valence-electron chi connectivity index (χ0n) is 21.0. The average molecular weight is 528 g/mol. The van der Waals surface area contributed by atoms with Crippen LogP contribution in [0.5, 0.6) is 11.5 Å². The van der Waals surface area contributed by atoms with E-state index in [9.17, 15) is 22.8 Å². The molecule has 200 valence electrons. The fraction of sp³-hybridized carbons (Fsp3) is 0.286. The first kappa shape index (κ1) is 26.8. The molecule has 0 unspecified atom stereocenters. The highest BCUT2D eigenvalue weighted by Crippen LogP contribution is 2.35. The minimum Gasteiger partial charge on any atom is -0.493 e. The van der Waals surface area contributed by atoms with Crippen LogP contribution < -0.4 is 14.8 Å². The zero-order chi connectivity index (χ0) is 27.3. The standard InChI is InChI=1S/C28H28F3N3O4/c1-37-24-14-20-12-13-33(17-21(20)15-25(24)38-2)26(35)18-34(16-19-8-4-3-5-9-19)27(36)32-23-11-7-6-10-22(23)28(29,30)31/h3-11,14-15H,12-13,16-18H2,1-2H3,(H,32,36). The lowest BCUT2D eigenvalue weighted by molar-refractivity contribution is -0.137. The lowest BCUT2D eigenvalue weighted by atomic mass is 9.98. The third-order valence-corrected chi connectivity index (χ3v) is 6.37. The summed E-state index contributed by atoms with van der Waals surface area (Å²) < 4.78 is 51.2. The summed E-state index contributed by atoms with van der Waals surface area (Å²) in [4.78, 5) is 29.4. The lowest BCUT2D eigenvalue weighted by Gasteiger charge is -2.32. The predicted octanol–water partition coefficient (Wildman–Crippen LogP) is 5.34. The third kappa shape index (κ3) is 6.19. The van der Waals surface area contributed by atoms with Crippen LogP contribution in [0.4, 0.5) is 23.7 Å². The maximum absolute atomic E-state index is 13.5. The van der Waals surface area contributed by atoms with Gasteiger partial charge in [0.2, 0.25) is 5.91 Å². The number of alkyl halides is 3. The van der Waals surface area contributed by atoms with Crippen molar-refractivity contribution >= 4 is 17.6 Å². The van der Waals surface area contributed by atoms with Gasteiger partial charge in [-0.2, -0.15) is 13.2 Å². The molecule has 0 aliphatic carbocycles. The van der Waals surface area contributed by atoms with Gasteiger partial charge in [0.1, 0.15) is 6.54 Å². The molecule has 0 radical (unpaired) electrons. The molecule has 0 aromatic heterocycles. The molecule has 1 aliphatic rings. The number of nitrogens with one attached hydrogen (secondary N) is 1. The highest BCUT2D eigenvalue weighted by molar-refractivity contribution is 5.93. The molecule has 3 aromatic rings. The number of methoxy groups -OCH3 is 2. The highest BCUT2D eigenvalue weighted by atomic mass is 19.4. The fourth-order valence-corrected chi connectivity index (χ4v) is 4.40. The third-order valence-electron chi connectivity index (χ3n) is 6.37. The van der Waals surface area contributed by atoms with Crippen molar-refractivity contribution in [3.8, 4) is 11.5 Å². The minimum atomic E-state index is -4.64. The number of hydrogen-bond acceptors (Lipinski definition) is 4. The van der Waals surface area contributed by atoms with Crippen LogP contribution in [0.15, 0.2) is 66.7 Å². The molecule has 1 N–H and O–H groups in total. The molecule has 0 atom stereocenters. The number of anilines is 1. The molecule has 3 aromatic carbocycles. The number of ether oxygens (including phenoxy) is 2. The Morgan fingerprint density at radius 1 is 0.947 bits per heavy atom. The molecule has 1 aliphatic heterocycles. The van der Waals surface area contributed by atoms with Crippen molar-refractivity contribution in [3.05, 3.63) is 89.0 Å². The Kier molecular flexibility index (Phi) is 8.09. The second kappa shape index (κ2) is 11.5. The van der Waals surface area contributed by atoms with Gasteiger partial charge in [0.15, 0.2) is 11.5 Å². The predicted molar refractivity (Wildman–Crippen MR) is 136 cm³/mol. The Morgan fingerprint density at radius 3 is 2.24 bits per heavy atom. The van der Waals surface area contributed by atoms with Gasteiger partial charge >= 0.3 is 12.2 Å². The number of carbonyl (C=O) groups excluding carboxylic acids is 2. The summed E-state index contributed by atoms with van der Waals surface area (Å²) in [6.07, 6.45) is -4.06. The summed E-state index contributed by atoms with van der Waals surface area (Å²) in [5, 5.41) is 2.35. The van der Waals surface area contributed by atoms with Gasteiger partial charge in [-0.25, -0.2) is 4.79 Å². The van der Waals surface area contributed by atoms with Gasteiger partial charge in [0, 0.05) is 19.6 Å². The number of para-hydroxylation sites is 1. The van der Waals surface area contributed by atoms with Crippen molar-refractivity contribution in [1.82, 2.24) is 9.80 Å². The van der Waals surface area contributed by atoms with Crippen LogP contribution in [0.3, 0.4) is 0 Å². The normalized spacial score (nSPS) is 12.9. The van der Waals surface area contributed by atoms with Crippen molar-refractivity contribution in [2.45, 2.75) is 25.7 Å². The van der Waals surface area contributed by atoms with Gasteiger partial charge < -0.3 is 24.6 Å². The second-order valence-corrected chi connectivity index (χ2v) is 8.86. The summed E-state index contributed by atoms with van der Waals surface area (Å²) in [7, 11) is 3.09. The fourth-order valence-electron chi connectivity index (χ4n) is 4.40. The Bertz CT molecular complexity index is 1300. The molecule has 0 bridgehead atoms. The number of fused-ring (bicyclic) bond motifs is 1. The Hall–Kier alpha value is -4.21. The van der Waals surface area contributed by atoms with Gasteiger partial charge in [-0.1, -0.05) is 42.5 Å². The van der Waals surface area contributed by atoms with Crippen LogP contribution in [-0.2, 0) is 30.5 Å². The number of rotatable bonds is 7. The van der Waals surface area contributed by atoms with E-state index in [2.05, 4.69) is 5.32 Å². The van der Waals surface area contributed by atoms with E-state index in [1.54, 1.807) is 36.3 Å². The summed E-state index contributed by atoms with van der Waals surface area (Å²) in [6.45, 7) is 0.477. The molecule has 0 spiro atoms. The Morgan fingerprint density at radius 2 is 1.58 bits per heavy atom. The molecule has 0 fully saturated rings. The molecule has 7 nitrogen and oxygen atoms in total. The molecule has 1 heterocycles. The van der Waals surface area contributed by atoms with Crippen LogP contribution in [0.1, 0.15) is 22.3 Å². The van der Waals surface area contributed by atoms with Crippen molar-refractivity contribution < 1.29 is 32.2 Å². The Labute approximate surface area is 218 Å². The minimum absolute atomic E-state index is 0.0437. The number of hydrogen-bond donors (Lipinski definition) is 1. The van der Waals surface area contributed by atoms with Gasteiger partial charge in [-0.3, -0.25) is 4.79 Å². The summed E-state index contributed by atoms with van der Waals surface area (Å²) >= 11 is 0. The van der Waals surface area contributed by atoms with E-state index in [-0.39, 0.29) is 24.7 Å². The van der Waals surface area contributed by atoms with E-state index in [0.29, 0.717) is 31.0 Å². The van der Waals surface area contributed by atoms with E-state index in [4.69, 9.17) is 9.47 Å². The number of halogens is 3. The molecular weight excluding hydrogens is 499 g/mol. The maximum atomic E-state index is 13.5. The molecular formula is C28H28F3N3O4. The quantitative estimate of drug-likeness (QED) is 0.450. The van der Waals surface area contributed by atoms with Crippen molar-refractivity contribution in [3.63, 3.8) is 0 Å². The smallest absolute Gasteiger partial charge is 0.418 e. The number of nitrogens with zero attached hydrogens (tertiary/aromatic N) is 2. The zero-order valence-corrected chi connectivity index (χ0v) is 21.0. The van der Waals surface area contributed by atoms with Crippen molar-refractivity contribution in [1.29, 1.82) is 0 Å². The number of amides is 3. The van der Waals surface area contributed by atoms with E-state index in [1.165, 1.54) is 30.2 Å². The monoisotopic (exact) mass is 527 g/mol. The van der Waals surface area contributed by atoms with Gasteiger partial charge in [0.25, 0.3) is 0 Å². The SMILES string of the molecule is COc1cc2c(cc1OC)CN(C(=O)CN(Cc1ccccc1)C(=O)Nc1ccccc1C(F)(F)F)CC2. The summed E-state index contributed by atoms with van der Waals surface area (Å²) in [6, 6.07) is 16.6. The van der Waals surface area contributed by atoms with Crippen molar-refractivity contribution in [2.75, 3.05) is 32.6 Å². The molecule has 3 amide bonds. The molecule has 0 saturated carbocycles. The first-order valence-corrected chi connectivity index (χ1v) is 12.0. The number of urea groups is 1. The first-order chi connectivity index (χ1) is 18.2. The molecule has 0 saturated heterocycles. The van der Waals surface area contributed by atoms with Crippen LogP contribution in [0.25, 0.3) is 0 Å². The number of carbonyl (C=O) groups is 2. The largest absolute Gasteiger partial charge is 0.493 e. The maximum Gasteiger partial charge on any atom is 0.418 e. The van der Waals surface area contributed by atoms with E-state index in [0.717, 1.165) is 22.8 Å². The van der Waals surface area contributed by atoms with E-state index < -0.39 is 17.8 Å². The van der Waals surface area contributed by atoms with Gasteiger partial charge in [0.05, 0.1) is 25.5 Å². The molecule has 4 rings (SSSR count). The number of benzene rings is 3. The van der Waals surface area contributed by atoms with Gasteiger partial charge in [-0.15, -0.1) is 0 Å². The van der Waals surface area contributed by atoms with Crippen LogP contribution in [-0.4, -0.2) is 49.0 Å². The second-order valence-electron chi connectivity index (χ2n) is 8.86. The molecule has 10 heteroatoms. The first-order valence-electron chi connectivity index (χ1n) is 12.0. The van der Waals surface area contributed by atoms with E-state index in [1.807, 2.05) is 18.2 Å².